The Hall–Kier alpha value is -0.210. The van der Waals surface area contributed by atoms with E-state index in [0.29, 0.717) is 5.88 Å². The van der Waals surface area contributed by atoms with Crippen molar-refractivity contribution in [3.63, 3.8) is 0 Å². The highest BCUT2D eigenvalue weighted by Gasteiger charge is 1.92. The Bertz CT molecular complexity index is 102. The van der Waals surface area contributed by atoms with E-state index in [2.05, 4.69) is 0 Å². The van der Waals surface area contributed by atoms with Gasteiger partial charge in [0.05, 0.1) is 5.88 Å². The monoisotopic (exact) mass is 164 g/mol. The third-order valence-corrected chi connectivity index (χ3v) is 1.19. The molecule has 2 nitrogen and oxygen atoms in total. The van der Waals surface area contributed by atoms with Crippen LogP contribution in [0.25, 0.3) is 0 Å². The van der Waals surface area contributed by atoms with Crippen molar-refractivity contribution in [2.75, 3.05) is 19.8 Å². The molecule has 10 heavy (non-hydrogen) atoms. The average molecular weight is 165 g/mol. The van der Waals surface area contributed by atoms with E-state index in [1.54, 1.807) is 7.11 Å². The first-order valence-corrected chi connectivity index (χ1v) is 3.75. The van der Waals surface area contributed by atoms with Gasteiger partial charge >= 0.3 is 0 Å². The summed E-state index contributed by atoms with van der Waals surface area (Å²) < 4.78 is 9.79. The van der Waals surface area contributed by atoms with Crippen molar-refractivity contribution in [1.29, 1.82) is 0 Å². The fourth-order valence-electron chi connectivity index (χ4n) is 0.514. The summed E-state index contributed by atoms with van der Waals surface area (Å²) in [4.78, 5) is 0. The lowest BCUT2D eigenvalue weighted by molar-refractivity contribution is 0.00637. The van der Waals surface area contributed by atoms with Crippen molar-refractivity contribution in [3.05, 3.63) is 11.8 Å². The summed E-state index contributed by atoms with van der Waals surface area (Å²) in [5, 5.41) is 0. The van der Waals surface area contributed by atoms with Crippen molar-refractivity contribution >= 4 is 11.6 Å². The summed E-state index contributed by atoms with van der Waals surface area (Å²) in [7, 11) is 1.58. The maximum Gasteiger partial charge on any atom is 0.188 e. The fraction of sp³-hybridized carbons (Fsp3) is 0.714. The van der Waals surface area contributed by atoms with E-state index < -0.39 is 0 Å². The van der Waals surface area contributed by atoms with Crippen LogP contribution in [0.5, 0.6) is 0 Å². The van der Waals surface area contributed by atoms with Gasteiger partial charge in [0.25, 0.3) is 0 Å². The zero-order valence-electron chi connectivity index (χ0n) is 6.39. The predicted octanol–water partition coefficient (Wildman–Crippen LogP) is 2.14. The second kappa shape index (κ2) is 6.90. The first kappa shape index (κ1) is 9.79. The third kappa shape index (κ3) is 4.65. The summed E-state index contributed by atoms with van der Waals surface area (Å²) in [6.07, 6.45) is 2.87. The van der Waals surface area contributed by atoms with Crippen LogP contribution in [0.1, 0.15) is 13.3 Å². The predicted molar refractivity (Wildman–Crippen MR) is 42.1 cm³/mol. The Balaban J connectivity index is 3.49. The quantitative estimate of drug-likeness (QED) is 0.352. The second-order valence-electron chi connectivity index (χ2n) is 1.76. The molecule has 0 aromatic rings. The highest BCUT2D eigenvalue weighted by molar-refractivity contribution is 6.19. The van der Waals surface area contributed by atoms with Gasteiger partial charge in [0, 0.05) is 7.11 Å². The van der Waals surface area contributed by atoms with Gasteiger partial charge in [-0.3, -0.25) is 0 Å². The van der Waals surface area contributed by atoms with Crippen LogP contribution in [0.15, 0.2) is 11.8 Å². The molecule has 0 rings (SSSR count). The van der Waals surface area contributed by atoms with Crippen molar-refractivity contribution in [2.24, 2.45) is 0 Å². The largest absolute Gasteiger partial charge is 0.471 e. The first-order chi connectivity index (χ1) is 4.85. The summed E-state index contributed by atoms with van der Waals surface area (Å²) in [5.74, 6) is 1.20. The van der Waals surface area contributed by atoms with Gasteiger partial charge in [-0.05, 0) is 12.5 Å². The maximum atomic E-state index is 5.53. The van der Waals surface area contributed by atoms with E-state index in [1.807, 2.05) is 13.0 Å². The number of alkyl halides is 1. The van der Waals surface area contributed by atoms with Crippen LogP contribution in [-0.4, -0.2) is 19.8 Å². The highest BCUT2D eigenvalue weighted by Crippen LogP contribution is 2.01. The molecular weight excluding hydrogens is 152 g/mol. The first-order valence-electron chi connectivity index (χ1n) is 3.21. The zero-order chi connectivity index (χ0) is 7.82. The molecule has 0 atom stereocenters. The van der Waals surface area contributed by atoms with Crippen LogP contribution in [0.3, 0.4) is 0 Å². The normalized spacial score (nSPS) is 11.7. The van der Waals surface area contributed by atoms with E-state index in [4.69, 9.17) is 21.1 Å². The molecule has 0 spiro atoms. The minimum absolute atomic E-state index is 0.276. The number of hydrogen-bond acceptors (Lipinski definition) is 2. The molecule has 0 aliphatic heterocycles. The molecule has 0 fully saturated rings. The third-order valence-electron chi connectivity index (χ3n) is 0.926. The Morgan fingerprint density at radius 1 is 1.60 bits per heavy atom. The summed E-state index contributed by atoms with van der Waals surface area (Å²) in [6, 6.07) is 0. The lowest BCUT2D eigenvalue weighted by Gasteiger charge is -2.04. The van der Waals surface area contributed by atoms with Crippen LogP contribution < -0.4 is 0 Å². The molecule has 0 saturated heterocycles. The molecule has 0 aromatic carbocycles. The second-order valence-corrected chi connectivity index (χ2v) is 2.03. The Labute approximate surface area is 66.8 Å². The molecule has 0 bridgehead atoms. The van der Waals surface area contributed by atoms with Crippen molar-refractivity contribution < 1.29 is 9.47 Å². The topological polar surface area (TPSA) is 18.5 Å². The minimum Gasteiger partial charge on any atom is -0.471 e. The van der Waals surface area contributed by atoms with Crippen LogP contribution in [-0.2, 0) is 9.47 Å². The molecule has 0 amide bonds. The average Bonchev–Trinajstić information content (AvgIpc) is 1.98. The standard InChI is InChI=1S/C7H13ClO2/c1-3-4-7(5-8)10-6-9-2/h4H,3,5-6H2,1-2H3/b7-4-. The Morgan fingerprint density at radius 3 is 2.70 bits per heavy atom. The van der Waals surface area contributed by atoms with E-state index in [-0.39, 0.29) is 6.79 Å². The molecular formula is C7H13ClO2. The molecule has 0 aliphatic rings. The van der Waals surface area contributed by atoms with Gasteiger partial charge in [0.1, 0.15) is 5.76 Å². The lowest BCUT2D eigenvalue weighted by Crippen LogP contribution is -1.97. The van der Waals surface area contributed by atoms with E-state index >= 15 is 0 Å². The zero-order valence-corrected chi connectivity index (χ0v) is 7.15. The van der Waals surface area contributed by atoms with Gasteiger partial charge < -0.3 is 9.47 Å². The summed E-state index contributed by atoms with van der Waals surface area (Å²) in [6.45, 7) is 2.31. The molecule has 0 N–H and O–H groups in total. The van der Waals surface area contributed by atoms with Gasteiger partial charge in [-0.2, -0.15) is 0 Å². The number of halogens is 1. The van der Waals surface area contributed by atoms with Gasteiger partial charge in [0.15, 0.2) is 6.79 Å². The van der Waals surface area contributed by atoms with Crippen LogP contribution in [0.4, 0.5) is 0 Å². The van der Waals surface area contributed by atoms with Gasteiger partial charge in [-0.25, -0.2) is 0 Å². The molecule has 0 unspecified atom stereocenters. The van der Waals surface area contributed by atoms with E-state index in [9.17, 15) is 0 Å². The van der Waals surface area contributed by atoms with E-state index in [0.717, 1.165) is 12.2 Å². The molecule has 0 saturated carbocycles. The molecule has 0 aromatic heterocycles. The summed E-state index contributed by atoms with van der Waals surface area (Å²) >= 11 is 5.53. The lowest BCUT2D eigenvalue weighted by atomic mass is 10.4. The molecule has 0 radical (unpaired) electrons. The molecule has 60 valence electrons. The SMILES string of the molecule is CC/C=C(/CCl)OCOC. The fourth-order valence-corrected chi connectivity index (χ4v) is 0.701. The molecule has 0 aliphatic carbocycles. The van der Waals surface area contributed by atoms with Crippen molar-refractivity contribution in [2.45, 2.75) is 13.3 Å². The number of hydrogen-bond donors (Lipinski definition) is 0. The van der Waals surface area contributed by atoms with Gasteiger partial charge in [-0.15, -0.1) is 11.6 Å². The van der Waals surface area contributed by atoms with Gasteiger partial charge in [0.2, 0.25) is 0 Å². The van der Waals surface area contributed by atoms with Gasteiger partial charge in [-0.1, -0.05) is 6.92 Å². The van der Waals surface area contributed by atoms with Crippen molar-refractivity contribution in [3.8, 4) is 0 Å². The van der Waals surface area contributed by atoms with Crippen molar-refractivity contribution in [1.82, 2.24) is 0 Å². The smallest absolute Gasteiger partial charge is 0.188 e. The van der Waals surface area contributed by atoms with Crippen LogP contribution in [0.2, 0.25) is 0 Å². The van der Waals surface area contributed by atoms with E-state index in [1.165, 1.54) is 0 Å². The number of ether oxygens (including phenoxy) is 2. The highest BCUT2D eigenvalue weighted by atomic mass is 35.5. The Morgan fingerprint density at radius 2 is 2.30 bits per heavy atom. The van der Waals surface area contributed by atoms with Crippen LogP contribution in [0, 0.1) is 0 Å². The Kier molecular flexibility index (Phi) is 6.76. The minimum atomic E-state index is 0.276. The molecule has 0 heterocycles. The number of allylic oxidation sites excluding steroid dienone is 2. The maximum absolute atomic E-state index is 5.53. The molecule has 3 heteroatoms. The van der Waals surface area contributed by atoms with Crippen LogP contribution >= 0.6 is 11.6 Å². The summed E-state index contributed by atoms with van der Waals surface area (Å²) in [5.41, 5.74) is 0. The number of methoxy groups -OCH3 is 1. The number of rotatable bonds is 5.